The molecule has 112 valence electrons. The number of carbonyl (C=O) groups excluding carboxylic acids is 1. The van der Waals surface area contributed by atoms with Crippen LogP contribution in [0.25, 0.3) is 10.9 Å². The van der Waals surface area contributed by atoms with E-state index in [-0.39, 0.29) is 11.8 Å². The number of aromatic nitrogens is 1. The number of H-pyrrole nitrogens is 1. The maximum atomic E-state index is 12.6. The van der Waals surface area contributed by atoms with Gasteiger partial charge in [0.05, 0.1) is 5.92 Å². The van der Waals surface area contributed by atoms with Crippen molar-refractivity contribution in [3.8, 4) is 0 Å². The normalized spacial score (nSPS) is 16.0. The molecule has 1 aromatic heterocycles. The lowest BCUT2D eigenvalue weighted by atomic mass is 9.99. The number of benzene rings is 1. The first-order chi connectivity index (χ1) is 10.2. The molecule has 2 heterocycles. The zero-order valence-electron chi connectivity index (χ0n) is 12.6. The molecule has 0 radical (unpaired) electrons. The van der Waals surface area contributed by atoms with Crippen LogP contribution in [0.2, 0.25) is 0 Å². The molecular weight excluding hydrogens is 262 g/mol. The zero-order valence-corrected chi connectivity index (χ0v) is 12.6. The van der Waals surface area contributed by atoms with Gasteiger partial charge in [-0.2, -0.15) is 0 Å². The largest absolute Gasteiger partial charge is 0.358 e. The van der Waals surface area contributed by atoms with E-state index in [1.807, 2.05) is 11.0 Å². The summed E-state index contributed by atoms with van der Waals surface area (Å²) < 4.78 is 0. The van der Waals surface area contributed by atoms with Crippen LogP contribution in [-0.4, -0.2) is 28.9 Å². The van der Waals surface area contributed by atoms with Crippen molar-refractivity contribution in [3.63, 3.8) is 0 Å². The first-order valence-corrected chi connectivity index (χ1v) is 7.82. The van der Waals surface area contributed by atoms with Gasteiger partial charge in [-0.1, -0.05) is 31.5 Å². The highest BCUT2D eigenvalue weighted by Gasteiger charge is 2.27. The molecule has 1 unspecified atom stereocenters. The number of hydrogen-bond donors (Lipinski definition) is 2. The standard InChI is InChI=1S/C17H23N3O/c1-2-5-12(10-18)17(21)20-9-8-16-14(11-20)13-6-3-4-7-15(13)19-16/h3-4,6-7,12,19H,2,5,8-11,18H2,1H3. The fourth-order valence-electron chi connectivity index (χ4n) is 3.30. The first kappa shape index (κ1) is 14.1. The summed E-state index contributed by atoms with van der Waals surface area (Å²) in [5.74, 6) is 0.192. The lowest BCUT2D eigenvalue weighted by Crippen LogP contribution is -2.41. The lowest BCUT2D eigenvalue weighted by Gasteiger charge is -2.30. The van der Waals surface area contributed by atoms with Crippen molar-refractivity contribution in [1.82, 2.24) is 9.88 Å². The molecule has 0 bridgehead atoms. The number of amides is 1. The van der Waals surface area contributed by atoms with Crippen LogP contribution in [0.5, 0.6) is 0 Å². The molecule has 0 saturated heterocycles. The Hall–Kier alpha value is -1.81. The van der Waals surface area contributed by atoms with E-state index in [0.717, 1.165) is 25.8 Å². The zero-order chi connectivity index (χ0) is 14.8. The average Bonchev–Trinajstić information content (AvgIpc) is 2.89. The van der Waals surface area contributed by atoms with Gasteiger partial charge < -0.3 is 15.6 Å². The van der Waals surface area contributed by atoms with E-state index in [2.05, 4.69) is 30.1 Å². The molecule has 1 aliphatic rings. The lowest BCUT2D eigenvalue weighted by molar-refractivity contribution is -0.136. The van der Waals surface area contributed by atoms with Crippen LogP contribution in [0.1, 0.15) is 31.0 Å². The van der Waals surface area contributed by atoms with E-state index in [4.69, 9.17) is 5.73 Å². The summed E-state index contributed by atoms with van der Waals surface area (Å²) in [4.78, 5) is 18.1. The summed E-state index contributed by atoms with van der Waals surface area (Å²) in [6.45, 7) is 4.05. The summed E-state index contributed by atoms with van der Waals surface area (Å²) in [5.41, 5.74) is 9.50. The van der Waals surface area contributed by atoms with Crippen molar-refractivity contribution in [2.45, 2.75) is 32.7 Å². The maximum Gasteiger partial charge on any atom is 0.227 e. The Balaban J connectivity index is 1.85. The molecule has 0 fully saturated rings. The Labute approximate surface area is 125 Å². The molecule has 1 aliphatic heterocycles. The van der Waals surface area contributed by atoms with E-state index in [1.165, 1.54) is 22.2 Å². The Morgan fingerprint density at radius 2 is 2.24 bits per heavy atom. The molecule has 0 saturated carbocycles. The van der Waals surface area contributed by atoms with Gasteiger partial charge in [0.15, 0.2) is 0 Å². The van der Waals surface area contributed by atoms with Crippen LogP contribution in [0.4, 0.5) is 0 Å². The van der Waals surface area contributed by atoms with E-state index < -0.39 is 0 Å². The highest BCUT2D eigenvalue weighted by molar-refractivity contribution is 5.86. The van der Waals surface area contributed by atoms with Crippen LogP contribution in [0.3, 0.4) is 0 Å². The maximum absolute atomic E-state index is 12.6. The van der Waals surface area contributed by atoms with Crippen LogP contribution in [0.15, 0.2) is 24.3 Å². The molecular formula is C17H23N3O. The molecule has 3 rings (SSSR count). The summed E-state index contributed by atoms with van der Waals surface area (Å²) in [7, 11) is 0. The molecule has 1 amide bonds. The molecule has 3 N–H and O–H groups in total. The summed E-state index contributed by atoms with van der Waals surface area (Å²) in [6, 6.07) is 8.32. The molecule has 4 heteroatoms. The number of nitrogens with zero attached hydrogens (tertiary/aromatic N) is 1. The van der Waals surface area contributed by atoms with Crippen molar-refractivity contribution >= 4 is 16.8 Å². The van der Waals surface area contributed by atoms with Gasteiger partial charge in [0.25, 0.3) is 0 Å². The van der Waals surface area contributed by atoms with E-state index >= 15 is 0 Å². The van der Waals surface area contributed by atoms with Crippen LogP contribution in [-0.2, 0) is 17.8 Å². The van der Waals surface area contributed by atoms with E-state index in [1.54, 1.807) is 0 Å². The van der Waals surface area contributed by atoms with Crippen molar-refractivity contribution in [3.05, 3.63) is 35.5 Å². The highest BCUT2D eigenvalue weighted by Crippen LogP contribution is 2.28. The predicted molar refractivity (Wildman–Crippen MR) is 84.9 cm³/mol. The minimum absolute atomic E-state index is 0.0262. The van der Waals surface area contributed by atoms with Gasteiger partial charge in [-0.05, 0) is 12.5 Å². The number of carbonyl (C=O) groups is 1. The third-order valence-corrected chi connectivity index (χ3v) is 4.47. The van der Waals surface area contributed by atoms with Crippen molar-refractivity contribution < 1.29 is 4.79 Å². The van der Waals surface area contributed by atoms with Gasteiger partial charge in [0, 0.05) is 48.2 Å². The van der Waals surface area contributed by atoms with Gasteiger partial charge in [-0.3, -0.25) is 4.79 Å². The summed E-state index contributed by atoms with van der Waals surface area (Å²) in [6.07, 6.45) is 2.78. The van der Waals surface area contributed by atoms with Crippen molar-refractivity contribution in [1.29, 1.82) is 0 Å². The van der Waals surface area contributed by atoms with Gasteiger partial charge in [-0.15, -0.1) is 0 Å². The number of fused-ring (bicyclic) bond motifs is 3. The topological polar surface area (TPSA) is 62.1 Å². The Kier molecular flexibility index (Phi) is 3.97. The number of rotatable bonds is 4. The molecule has 4 nitrogen and oxygen atoms in total. The van der Waals surface area contributed by atoms with Gasteiger partial charge in [0.2, 0.25) is 5.91 Å². The van der Waals surface area contributed by atoms with Crippen molar-refractivity contribution in [2.24, 2.45) is 11.7 Å². The summed E-state index contributed by atoms with van der Waals surface area (Å²) >= 11 is 0. The minimum atomic E-state index is -0.0262. The Morgan fingerprint density at radius 1 is 1.43 bits per heavy atom. The number of aromatic amines is 1. The van der Waals surface area contributed by atoms with E-state index in [0.29, 0.717) is 13.1 Å². The monoisotopic (exact) mass is 285 g/mol. The fourth-order valence-corrected chi connectivity index (χ4v) is 3.30. The second kappa shape index (κ2) is 5.90. The molecule has 1 atom stereocenters. The third kappa shape index (κ3) is 2.56. The molecule has 2 aromatic rings. The molecule has 1 aromatic carbocycles. The van der Waals surface area contributed by atoms with Crippen LogP contribution in [0, 0.1) is 5.92 Å². The Bertz CT molecular complexity index is 647. The molecule has 21 heavy (non-hydrogen) atoms. The predicted octanol–water partition coefficient (Wildman–Crippen LogP) is 2.43. The molecule has 0 aliphatic carbocycles. The minimum Gasteiger partial charge on any atom is -0.358 e. The number of nitrogens with one attached hydrogen (secondary N) is 1. The second-order valence-corrected chi connectivity index (χ2v) is 5.86. The Morgan fingerprint density at radius 3 is 3.00 bits per heavy atom. The highest BCUT2D eigenvalue weighted by atomic mass is 16.2. The first-order valence-electron chi connectivity index (χ1n) is 7.82. The second-order valence-electron chi connectivity index (χ2n) is 5.86. The number of para-hydroxylation sites is 1. The van der Waals surface area contributed by atoms with Gasteiger partial charge in [-0.25, -0.2) is 0 Å². The summed E-state index contributed by atoms with van der Waals surface area (Å²) in [5, 5.41) is 1.24. The average molecular weight is 285 g/mol. The van der Waals surface area contributed by atoms with Gasteiger partial charge >= 0.3 is 0 Å². The SMILES string of the molecule is CCCC(CN)C(=O)N1CCc2[nH]c3ccccc3c2C1. The van der Waals surface area contributed by atoms with Gasteiger partial charge in [0.1, 0.15) is 0 Å². The number of nitrogens with two attached hydrogens (primary N) is 1. The third-order valence-electron chi connectivity index (χ3n) is 4.47. The van der Waals surface area contributed by atoms with Crippen LogP contribution >= 0.6 is 0 Å². The molecule has 0 spiro atoms. The smallest absolute Gasteiger partial charge is 0.227 e. The quantitative estimate of drug-likeness (QED) is 0.906. The van der Waals surface area contributed by atoms with Crippen molar-refractivity contribution in [2.75, 3.05) is 13.1 Å². The number of hydrogen-bond acceptors (Lipinski definition) is 2. The fraction of sp³-hybridized carbons (Fsp3) is 0.471. The van der Waals surface area contributed by atoms with Crippen LogP contribution < -0.4 is 5.73 Å². The van der Waals surface area contributed by atoms with E-state index in [9.17, 15) is 4.79 Å².